The summed E-state index contributed by atoms with van der Waals surface area (Å²) in [7, 11) is 4.93. The molecule has 2 aromatic carbocycles. The van der Waals surface area contributed by atoms with Gasteiger partial charge in [0.25, 0.3) is 0 Å². The molecular weight excluding hydrogens is 254 g/mol. The van der Waals surface area contributed by atoms with Gasteiger partial charge in [0, 0.05) is 18.3 Å². The second-order valence-corrected chi connectivity index (χ2v) is 4.27. The summed E-state index contributed by atoms with van der Waals surface area (Å²) in [6.45, 7) is 0.702. The van der Waals surface area contributed by atoms with Crippen molar-refractivity contribution in [3.05, 3.63) is 48.0 Å². The molecule has 0 atom stereocenters. The standard InChI is InChI=1S/C16H19NO3/c1-18-14-6-4-5-13(10-14)17-11-12-7-8-15(19-2)16(9-12)20-3/h4-10,17H,11H2,1-3H3. The zero-order valence-corrected chi connectivity index (χ0v) is 12.0. The van der Waals surface area contributed by atoms with Gasteiger partial charge in [-0.15, -0.1) is 0 Å². The molecule has 0 heterocycles. The van der Waals surface area contributed by atoms with Crippen molar-refractivity contribution in [2.24, 2.45) is 0 Å². The predicted molar refractivity (Wildman–Crippen MR) is 79.9 cm³/mol. The van der Waals surface area contributed by atoms with Gasteiger partial charge >= 0.3 is 0 Å². The molecule has 0 aliphatic rings. The minimum atomic E-state index is 0.702. The van der Waals surface area contributed by atoms with Crippen molar-refractivity contribution in [2.75, 3.05) is 26.6 Å². The molecule has 2 aromatic rings. The Morgan fingerprint density at radius 1 is 0.850 bits per heavy atom. The van der Waals surface area contributed by atoms with E-state index in [0.29, 0.717) is 6.54 Å². The fourth-order valence-corrected chi connectivity index (χ4v) is 1.93. The molecule has 0 saturated heterocycles. The first-order valence-corrected chi connectivity index (χ1v) is 6.35. The lowest BCUT2D eigenvalue weighted by atomic mass is 10.2. The molecule has 1 N–H and O–H groups in total. The summed E-state index contributed by atoms with van der Waals surface area (Å²) in [6.07, 6.45) is 0. The van der Waals surface area contributed by atoms with Crippen LogP contribution in [-0.2, 0) is 6.54 Å². The summed E-state index contributed by atoms with van der Waals surface area (Å²) >= 11 is 0. The SMILES string of the molecule is COc1cccc(NCc2ccc(OC)c(OC)c2)c1. The van der Waals surface area contributed by atoms with Crippen LogP contribution in [0.5, 0.6) is 17.2 Å². The van der Waals surface area contributed by atoms with Gasteiger partial charge in [-0.05, 0) is 29.8 Å². The molecule has 0 spiro atoms. The third-order valence-electron chi connectivity index (χ3n) is 3.01. The molecule has 0 unspecified atom stereocenters. The molecular formula is C16H19NO3. The lowest BCUT2D eigenvalue weighted by Gasteiger charge is -2.11. The number of rotatable bonds is 6. The number of anilines is 1. The average molecular weight is 273 g/mol. The smallest absolute Gasteiger partial charge is 0.161 e. The molecule has 0 fully saturated rings. The van der Waals surface area contributed by atoms with Gasteiger partial charge in [-0.3, -0.25) is 0 Å². The van der Waals surface area contributed by atoms with Crippen LogP contribution in [0.25, 0.3) is 0 Å². The maximum absolute atomic E-state index is 5.29. The summed E-state index contributed by atoms with van der Waals surface area (Å²) in [5, 5.41) is 3.35. The van der Waals surface area contributed by atoms with Crippen LogP contribution in [0.4, 0.5) is 5.69 Å². The van der Waals surface area contributed by atoms with Crippen molar-refractivity contribution in [2.45, 2.75) is 6.54 Å². The molecule has 0 aliphatic carbocycles. The highest BCUT2D eigenvalue weighted by Crippen LogP contribution is 2.28. The van der Waals surface area contributed by atoms with Crippen molar-refractivity contribution < 1.29 is 14.2 Å². The van der Waals surface area contributed by atoms with E-state index in [1.807, 2.05) is 42.5 Å². The molecule has 0 saturated carbocycles. The van der Waals surface area contributed by atoms with Crippen LogP contribution in [0.2, 0.25) is 0 Å². The van der Waals surface area contributed by atoms with E-state index >= 15 is 0 Å². The van der Waals surface area contributed by atoms with E-state index in [2.05, 4.69) is 5.32 Å². The van der Waals surface area contributed by atoms with E-state index < -0.39 is 0 Å². The third kappa shape index (κ3) is 3.35. The molecule has 4 nitrogen and oxygen atoms in total. The van der Waals surface area contributed by atoms with E-state index in [0.717, 1.165) is 28.5 Å². The van der Waals surface area contributed by atoms with E-state index in [1.54, 1.807) is 21.3 Å². The van der Waals surface area contributed by atoms with Crippen LogP contribution in [0.3, 0.4) is 0 Å². The lowest BCUT2D eigenvalue weighted by Crippen LogP contribution is -2.00. The van der Waals surface area contributed by atoms with Crippen LogP contribution in [-0.4, -0.2) is 21.3 Å². The Kier molecular flexibility index (Phi) is 4.71. The van der Waals surface area contributed by atoms with Gasteiger partial charge in [0.15, 0.2) is 11.5 Å². The molecule has 20 heavy (non-hydrogen) atoms. The Labute approximate surface area is 119 Å². The number of nitrogens with one attached hydrogen (secondary N) is 1. The summed E-state index contributed by atoms with van der Waals surface area (Å²) in [6, 6.07) is 13.7. The van der Waals surface area contributed by atoms with Crippen LogP contribution < -0.4 is 19.5 Å². The number of hydrogen-bond acceptors (Lipinski definition) is 4. The van der Waals surface area contributed by atoms with Gasteiger partial charge in [-0.25, -0.2) is 0 Å². The monoisotopic (exact) mass is 273 g/mol. The summed E-state index contributed by atoms with van der Waals surface area (Å²) < 4.78 is 15.7. The minimum absolute atomic E-state index is 0.702. The van der Waals surface area contributed by atoms with Gasteiger partial charge in [0.2, 0.25) is 0 Å². The van der Waals surface area contributed by atoms with Gasteiger partial charge < -0.3 is 19.5 Å². The maximum atomic E-state index is 5.29. The highest BCUT2D eigenvalue weighted by molar-refractivity contribution is 5.49. The van der Waals surface area contributed by atoms with Crippen LogP contribution in [0, 0.1) is 0 Å². The third-order valence-corrected chi connectivity index (χ3v) is 3.01. The Morgan fingerprint density at radius 3 is 2.35 bits per heavy atom. The zero-order chi connectivity index (χ0) is 14.4. The lowest BCUT2D eigenvalue weighted by molar-refractivity contribution is 0.354. The average Bonchev–Trinajstić information content (AvgIpc) is 2.52. The van der Waals surface area contributed by atoms with Crippen LogP contribution in [0.1, 0.15) is 5.56 Å². The quantitative estimate of drug-likeness (QED) is 0.876. The zero-order valence-electron chi connectivity index (χ0n) is 12.0. The topological polar surface area (TPSA) is 39.7 Å². The van der Waals surface area contributed by atoms with E-state index in [1.165, 1.54) is 0 Å². The van der Waals surface area contributed by atoms with Gasteiger partial charge in [-0.1, -0.05) is 12.1 Å². The molecule has 2 rings (SSSR count). The summed E-state index contributed by atoms with van der Waals surface area (Å²) in [4.78, 5) is 0. The highest BCUT2D eigenvalue weighted by atomic mass is 16.5. The first-order valence-electron chi connectivity index (χ1n) is 6.35. The second-order valence-electron chi connectivity index (χ2n) is 4.27. The van der Waals surface area contributed by atoms with Gasteiger partial charge in [0.05, 0.1) is 21.3 Å². The molecule has 0 bridgehead atoms. The Bertz CT molecular complexity index is 569. The van der Waals surface area contributed by atoms with Crippen molar-refractivity contribution in [1.82, 2.24) is 0 Å². The maximum Gasteiger partial charge on any atom is 0.161 e. The largest absolute Gasteiger partial charge is 0.497 e. The Balaban J connectivity index is 2.06. The van der Waals surface area contributed by atoms with E-state index in [-0.39, 0.29) is 0 Å². The first-order chi connectivity index (χ1) is 9.76. The summed E-state index contributed by atoms with van der Waals surface area (Å²) in [5.41, 5.74) is 2.13. The number of hydrogen-bond donors (Lipinski definition) is 1. The molecule has 4 heteroatoms. The van der Waals surface area contributed by atoms with Gasteiger partial charge in [-0.2, -0.15) is 0 Å². The van der Waals surface area contributed by atoms with Crippen molar-refractivity contribution in [3.8, 4) is 17.2 Å². The molecule has 0 amide bonds. The molecule has 106 valence electrons. The molecule has 0 radical (unpaired) electrons. The number of benzene rings is 2. The Morgan fingerprint density at radius 2 is 1.65 bits per heavy atom. The predicted octanol–water partition coefficient (Wildman–Crippen LogP) is 3.32. The molecule has 0 aliphatic heterocycles. The minimum Gasteiger partial charge on any atom is -0.497 e. The summed E-state index contributed by atoms with van der Waals surface area (Å²) in [5.74, 6) is 2.30. The fraction of sp³-hybridized carbons (Fsp3) is 0.250. The van der Waals surface area contributed by atoms with E-state index in [9.17, 15) is 0 Å². The Hall–Kier alpha value is -2.36. The number of methoxy groups -OCH3 is 3. The van der Waals surface area contributed by atoms with Gasteiger partial charge in [0.1, 0.15) is 5.75 Å². The highest BCUT2D eigenvalue weighted by Gasteiger charge is 2.04. The van der Waals surface area contributed by atoms with Crippen molar-refractivity contribution >= 4 is 5.69 Å². The molecule has 0 aromatic heterocycles. The van der Waals surface area contributed by atoms with E-state index in [4.69, 9.17) is 14.2 Å². The normalized spacial score (nSPS) is 9.95. The van der Waals surface area contributed by atoms with Crippen LogP contribution >= 0.6 is 0 Å². The van der Waals surface area contributed by atoms with Crippen molar-refractivity contribution in [1.29, 1.82) is 0 Å². The van der Waals surface area contributed by atoms with Crippen molar-refractivity contribution in [3.63, 3.8) is 0 Å². The number of ether oxygens (including phenoxy) is 3. The first kappa shape index (κ1) is 14.1. The fourth-order valence-electron chi connectivity index (χ4n) is 1.93. The van der Waals surface area contributed by atoms with Crippen LogP contribution in [0.15, 0.2) is 42.5 Å². The second kappa shape index (κ2) is 6.70.